The predicted octanol–water partition coefficient (Wildman–Crippen LogP) is 1.99. The lowest BCUT2D eigenvalue weighted by Gasteiger charge is -2.17. The van der Waals surface area contributed by atoms with Gasteiger partial charge < -0.3 is 10.6 Å². The summed E-state index contributed by atoms with van der Waals surface area (Å²) in [5.41, 5.74) is 0. The SMILES string of the molecule is CCNC(=NCCc1ncc(C)s1)NC(C)CCS(C)(=O)=O.I. The van der Waals surface area contributed by atoms with Gasteiger partial charge in [-0.1, -0.05) is 0 Å². The predicted molar refractivity (Wildman–Crippen MR) is 109 cm³/mol. The molecule has 1 rings (SSSR count). The van der Waals surface area contributed by atoms with Crippen molar-refractivity contribution in [3.05, 3.63) is 16.1 Å². The number of thiazole rings is 1. The fraction of sp³-hybridized carbons (Fsp3) is 0.714. The van der Waals surface area contributed by atoms with Crippen LogP contribution in [-0.2, 0) is 16.3 Å². The molecular weight excluding hydrogens is 447 g/mol. The van der Waals surface area contributed by atoms with Gasteiger partial charge in [-0.15, -0.1) is 35.3 Å². The van der Waals surface area contributed by atoms with E-state index in [0.29, 0.717) is 13.0 Å². The lowest BCUT2D eigenvalue weighted by molar-refractivity contribution is 0.581. The average molecular weight is 474 g/mol. The lowest BCUT2D eigenvalue weighted by atomic mass is 10.3. The highest BCUT2D eigenvalue weighted by atomic mass is 127. The summed E-state index contributed by atoms with van der Waals surface area (Å²) in [6.45, 7) is 7.42. The first kappa shape index (κ1) is 22.6. The molecule has 134 valence electrons. The van der Waals surface area contributed by atoms with Gasteiger partial charge in [-0.25, -0.2) is 13.4 Å². The quantitative estimate of drug-likeness (QED) is 0.342. The van der Waals surface area contributed by atoms with Gasteiger partial charge in [0.15, 0.2) is 5.96 Å². The van der Waals surface area contributed by atoms with Crippen LogP contribution in [0.1, 0.15) is 30.2 Å². The number of guanidine groups is 1. The third kappa shape index (κ3) is 10.9. The van der Waals surface area contributed by atoms with E-state index in [2.05, 4.69) is 20.6 Å². The molecule has 0 spiro atoms. The molecule has 0 aliphatic carbocycles. The van der Waals surface area contributed by atoms with E-state index in [4.69, 9.17) is 0 Å². The number of nitrogens with zero attached hydrogens (tertiary/aromatic N) is 2. The standard InChI is InChI=1S/C14H26N4O2S2.HI/c1-5-15-14(18-11(2)7-9-22(4,19)20)16-8-6-13-17-10-12(3)21-13;/h10-11H,5-9H2,1-4H3,(H2,15,16,18);1H. The lowest BCUT2D eigenvalue weighted by Crippen LogP contribution is -2.43. The highest BCUT2D eigenvalue weighted by Crippen LogP contribution is 2.11. The maximum Gasteiger partial charge on any atom is 0.191 e. The topological polar surface area (TPSA) is 83.4 Å². The van der Waals surface area contributed by atoms with Crippen LogP contribution < -0.4 is 10.6 Å². The summed E-state index contributed by atoms with van der Waals surface area (Å²) in [7, 11) is -2.93. The first-order valence-electron chi connectivity index (χ1n) is 7.44. The monoisotopic (exact) mass is 474 g/mol. The highest BCUT2D eigenvalue weighted by Gasteiger charge is 2.09. The zero-order chi connectivity index (χ0) is 16.6. The molecule has 0 bridgehead atoms. The molecule has 6 nitrogen and oxygen atoms in total. The van der Waals surface area contributed by atoms with Gasteiger partial charge in [0.1, 0.15) is 9.84 Å². The number of hydrogen-bond donors (Lipinski definition) is 2. The Bertz CT molecular complexity index is 587. The number of aliphatic imine (C=N–C) groups is 1. The van der Waals surface area contributed by atoms with Crippen molar-refractivity contribution in [2.24, 2.45) is 4.99 Å². The summed E-state index contributed by atoms with van der Waals surface area (Å²) < 4.78 is 22.4. The van der Waals surface area contributed by atoms with Crippen molar-refractivity contribution >= 4 is 51.1 Å². The summed E-state index contributed by atoms with van der Waals surface area (Å²) in [6.07, 6.45) is 4.51. The minimum Gasteiger partial charge on any atom is -0.357 e. The molecule has 23 heavy (non-hydrogen) atoms. The Labute approximate surface area is 160 Å². The minimum absolute atomic E-state index is 0. The van der Waals surface area contributed by atoms with Gasteiger partial charge in [0.2, 0.25) is 0 Å². The third-order valence-electron chi connectivity index (χ3n) is 2.91. The molecule has 2 N–H and O–H groups in total. The number of aryl methyl sites for hydroxylation is 1. The number of aromatic nitrogens is 1. The van der Waals surface area contributed by atoms with E-state index in [-0.39, 0.29) is 35.8 Å². The largest absolute Gasteiger partial charge is 0.357 e. The normalized spacial score (nSPS) is 13.3. The van der Waals surface area contributed by atoms with Crippen LogP contribution in [0.25, 0.3) is 0 Å². The molecule has 1 atom stereocenters. The smallest absolute Gasteiger partial charge is 0.191 e. The molecule has 1 aromatic heterocycles. The second-order valence-corrected chi connectivity index (χ2v) is 8.92. The molecule has 0 aliphatic heterocycles. The van der Waals surface area contributed by atoms with Crippen molar-refractivity contribution in [3.8, 4) is 0 Å². The fourth-order valence-electron chi connectivity index (χ4n) is 1.80. The molecule has 0 aromatic carbocycles. The van der Waals surface area contributed by atoms with Crippen LogP contribution in [0.3, 0.4) is 0 Å². The van der Waals surface area contributed by atoms with E-state index in [9.17, 15) is 8.42 Å². The van der Waals surface area contributed by atoms with Crippen molar-refractivity contribution in [2.45, 2.75) is 39.7 Å². The molecular formula is C14H27IN4O2S2. The van der Waals surface area contributed by atoms with E-state index >= 15 is 0 Å². The molecule has 0 amide bonds. The van der Waals surface area contributed by atoms with Crippen molar-refractivity contribution in [1.29, 1.82) is 0 Å². The van der Waals surface area contributed by atoms with Gasteiger partial charge in [-0.05, 0) is 27.2 Å². The molecule has 0 saturated carbocycles. The Morgan fingerprint density at radius 2 is 2.17 bits per heavy atom. The summed E-state index contributed by atoms with van der Waals surface area (Å²) in [5.74, 6) is 0.899. The van der Waals surface area contributed by atoms with Crippen molar-refractivity contribution in [2.75, 3.05) is 25.1 Å². The van der Waals surface area contributed by atoms with Gasteiger partial charge in [-0.2, -0.15) is 0 Å². The maximum atomic E-state index is 11.2. The van der Waals surface area contributed by atoms with Gasteiger partial charge in [0, 0.05) is 42.9 Å². The maximum absolute atomic E-state index is 11.2. The van der Waals surface area contributed by atoms with Crippen LogP contribution in [0.15, 0.2) is 11.2 Å². The molecule has 1 aromatic rings. The molecule has 0 radical (unpaired) electrons. The van der Waals surface area contributed by atoms with Crippen LogP contribution in [0, 0.1) is 6.92 Å². The number of sulfone groups is 1. The number of nitrogens with one attached hydrogen (secondary N) is 2. The van der Waals surface area contributed by atoms with E-state index < -0.39 is 9.84 Å². The molecule has 1 unspecified atom stereocenters. The van der Waals surface area contributed by atoms with Crippen LogP contribution >= 0.6 is 35.3 Å². The molecule has 9 heteroatoms. The van der Waals surface area contributed by atoms with E-state index in [1.54, 1.807) is 11.3 Å². The number of hydrogen-bond acceptors (Lipinski definition) is 5. The van der Waals surface area contributed by atoms with E-state index in [1.807, 2.05) is 27.0 Å². The summed E-state index contributed by atoms with van der Waals surface area (Å²) >= 11 is 1.69. The van der Waals surface area contributed by atoms with Gasteiger partial charge >= 0.3 is 0 Å². The summed E-state index contributed by atoms with van der Waals surface area (Å²) in [6, 6.07) is 0.0506. The molecule has 1 heterocycles. The second kappa shape index (κ2) is 11.2. The average Bonchev–Trinajstić information content (AvgIpc) is 2.81. The molecule has 0 aliphatic rings. The van der Waals surface area contributed by atoms with Crippen molar-refractivity contribution in [1.82, 2.24) is 15.6 Å². The third-order valence-corrected chi connectivity index (χ3v) is 4.86. The van der Waals surface area contributed by atoms with Crippen LogP contribution in [-0.4, -0.2) is 50.5 Å². The Morgan fingerprint density at radius 3 is 2.70 bits per heavy atom. The fourth-order valence-corrected chi connectivity index (χ4v) is 3.35. The van der Waals surface area contributed by atoms with Crippen molar-refractivity contribution < 1.29 is 8.42 Å². The van der Waals surface area contributed by atoms with Gasteiger partial charge in [0.05, 0.1) is 10.8 Å². The summed E-state index contributed by atoms with van der Waals surface area (Å²) in [5, 5.41) is 7.50. The Morgan fingerprint density at radius 1 is 1.48 bits per heavy atom. The summed E-state index contributed by atoms with van der Waals surface area (Å²) in [4.78, 5) is 10.0. The second-order valence-electron chi connectivity index (χ2n) is 5.34. The molecule has 0 saturated heterocycles. The number of halogens is 1. The zero-order valence-electron chi connectivity index (χ0n) is 14.1. The van der Waals surface area contributed by atoms with Crippen LogP contribution in [0.5, 0.6) is 0 Å². The van der Waals surface area contributed by atoms with Gasteiger partial charge in [0.25, 0.3) is 0 Å². The molecule has 0 fully saturated rings. The van der Waals surface area contributed by atoms with E-state index in [1.165, 1.54) is 11.1 Å². The van der Waals surface area contributed by atoms with Crippen LogP contribution in [0.2, 0.25) is 0 Å². The highest BCUT2D eigenvalue weighted by molar-refractivity contribution is 14.0. The number of rotatable bonds is 8. The Kier molecular flexibility index (Phi) is 11.0. The zero-order valence-corrected chi connectivity index (χ0v) is 18.1. The first-order chi connectivity index (χ1) is 10.3. The van der Waals surface area contributed by atoms with E-state index in [0.717, 1.165) is 23.9 Å². The first-order valence-corrected chi connectivity index (χ1v) is 10.3. The van der Waals surface area contributed by atoms with Crippen LogP contribution in [0.4, 0.5) is 0 Å². The minimum atomic E-state index is -2.93. The van der Waals surface area contributed by atoms with Gasteiger partial charge in [-0.3, -0.25) is 4.99 Å². The Balaban J connectivity index is 0.00000484. The Hall–Kier alpha value is -0.420. The van der Waals surface area contributed by atoms with Crippen molar-refractivity contribution in [3.63, 3.8) is 0 Å².